The molecule has 0 aliphatic rings. The molecule has 0 saturated heterocycles. The maximum absolute atomic E-state index is 11.9. The predicted octanol–water partition coefficient (Wildman–Crippen LogP) is 1.73. The van der Waals surface area contributed by atoms with E-state index in [0.717, 1.165) is 21.4 Å². The van der Waals surface area contributed by atoms with Crippen molar-refractivity contribution in [3.63, 3.8) is 0 Å². The summed E-state index contributed by atoms with van der Waals surface area (Å²) < 4.78 is 1.04. The number of hydrogen-bond acceptors (Lipinski definition) is 3. The van der Waals surface area contributed by atoms with E-state index < -0.39 is 11.2 Å². The van der Waals surface area contributed by atoms with E-state index in [2.05, 4.69) is 9.97 Å². The quantitative estimate of drug-likeness (QED) is 0.687. The van der Waals surface area contributed by atoms with Gasteiger partial charge in [-0.3, -0.25) is 14.8 Å². The number of nitrogens with one attached hydrogen (secondary N) is 1. The molecule has 0 amide bonds. The van der Waals surface area contributed by atoms with Crippen LogP contribution in [0.2, 0.25) is 5.15 Å². The van der Waals surface area contributed by atoms with Gasteiger partial charge in [0.2, 0.25) is 0 Å². The number of hydrogen-bond donors (Lipinski definition) is 1. The Morgan fingerprint density at radius 3 is 2.84 bits per heavy atom. The molecule has 3 aromatic rings. The topological polar surface area (TPSA) is 67.8 Å². The Morgan fingerprint density at radius 1 is 1.21 bits per heavy atom. The number of nitrogens with zero attached hydrogens (tertiary/aromatic N) is 2. The molecule has 3 rings (SSSR count). The van der Waals surface area contributed by atoms with Gasteiger partial charge >= 0.3 is 5.69 Å². The maximum Gasteiger partial charge on any atom is 0.334 e. The average molecular weight is 274 g/mol. The van der Waals surface area contributed by atoms with E-state index in [0.29, 0.717) is 5.69 Å². The second-order valence-corrected chi connectivity index (χ2v) is 4.38. The molecular formula is C13H8ClN3O2. The molecule has 19 heavy (non-hydrogen) atoms. The molecule has 0 spiro atoms. The SMILES string of the molecule is O=c1cc(Cl)[nH]c(=O)n1-c1cccc2ccncc12. The Balaban J connectivity index is 2.44. The van der Waals surface area contributed by atoms with Crippen molar-refractivity contribution in [3.8, 4) is 5.69 Å². The summed E-state index contributed by atoms with van der Waals surface area (Å²) in [6.07, 6.45) is 3.27. The maximum atomic E-state index is 11.9. The van der Waals surface area contributed by atoms with Crippen LogP contribution < -0.4 is 11.2 Å². The first-order valence-corrected chi connectivity index (χ1v) is 5.89. The Hall–Kier alpha value is -2.40. The van der Waals surface area contributed by atoms with Gasteiger partial charge in [0.1, 0.15) is 5.15 Å². The summed E-state index contributed by atoms with van der Waals surface area (Å²) in [6, 6.07) is 8.33. The summed E-state index contributed by atoms with van der Waals surface area (Å²) in [7, 11) is 0. The van der Waals surface area contributed by atoms with Crippen LogP contribution in [-0.4, -0.2) is 14.5 Å². The molecule has 5 nitrogen and oxygen atoms in total. The van der Waals surface area contributed by atoms with Gasteiger partial charge in [-0.05, 0) is 17.5 Å². The largest absolute Gasteiger partial charge is 0.334 e. The van der Waals surface area contributed by atoms with Gasteiger partial charge in [0.05, 0.1) is 5.69 Å². The average Bonchev–Trinajstić information content (AvgIpc) is 2.38. The molecule has 0 aliphatic carbocycles. The highest BCUT2D eigenvalue weighted by molar-refractivity contribution is 6.29. The molecule has 0 radical (unpaired) electrons. The molecule has 2 aromatic heterocycles. The fourth-order valence-corrected chi connectivity index (χ4v) is 2.16. The van der Waals surface area contributed by atoms with E-state index in [9.17, 15) is 9.59 Å². The third-order valence-corrected chi connectivity index (χ3v) is 3.01. The second-order valence-electron chi connectivity index (χ2n) is 3.97. The van der Waals surface area contributed by atoms with Gasteiger partial charge < -0.3 is 0 Å². The van der Waals surface area contributed by atoms with E-state index in [1.807, 2.05) is 12.1 Å². The first kappa shape index (κ1) is 11.7. The van der Waals surface area contributed by atoms with Crippen molar-refractivity contribution in [3.05, 3.63) is 68.7 Å². The normalized spacial score (nSPS) is 10.8. The second kappa shape index (κ2) is 4.37. The molecule has 1 N–H and O–H groups in total. The smallest absolute Gasteiger partial charge is 0.297 e. The van der Waals surface area contributed by atoms with Crippen LogP contribution in [0.1, 0.15) is 0 Å². The van der Waals surface area contributed by atoms with Gasteiger partial charge in [0, 0.05) is 23.8 Å². The van der Waals surface area contributed by atoms with Gasteiger partial charge in [-0.25, -0.2) is 9.36 Å². The zero-order valence-electron chi connectivity index (χ0n) is 9.63. The van der Waals surface area contributed by atoms with E-state index >= 15 is 0 Å². The van der Waals surface area contributed by atoms with Crippen molar-refractivity contribution in [2.24, 2.45) is 0 Å². The summed E-state index contributed by atoms with van der Waals surface area (Å²) in [4.78, 5) is 30.3. The lowest BCUT2D eigenvalue weighted by atomic mass is 10.1. The van der Waals surface area contributed by atoms with Crippen LogP contribution in [0.5, 0.6) is 0 Å². The molecule has 1 aromatic carbocycles. The van der Waals surface area contributed by atoms with Crippen LogP contribution in [0.25, 0.3) is 16.5 Å². The highest BCUT2D eigenvalue weighted by atomic mass is 35.5. The Morgan fingerprint density at radius 2 is 2.05 bits per heavy atom. The molecule has 0 aliphatic heterocycles. The predicted molar refractivity (Wildman–Crippen MR) is 73.0 cm³/mol. The fraction of sp³-hybridized carbons (Fsp3) is 0. The third kappa shape index (κ3) is 1.94. The third-order valence-electron chi connectivity index (χ3n) is 2.80. The molecular weight excluding hydrogens is 266 g/mol. The van der Waals surface area contributed by atoms with Crippen LogP contribution in [0.3, 0.4) is 0 Å². The summed E-state index contributed by atoms with van der Waals surface area (Å²) in [5.74, 6) is 0. The van der Waals surface area contributed by atoms with Crippen LogP contribution in [0, 0.1) is 0 Å². The lowest BCUT2D eigenvalue weighted by molar-refractivity contribution is 0.881. The van der Waals surface area contributed by atoms with Gasteiger partial charge in [-0.1, -0.05) is 23.7 Å². The standard InChI is InChI=1S/C13H8ClN3O2/c14-11-6-12(18)17(13(19)16-11)10-3-1-2-8-4-5-15-7-9(8)10/h1-7H,(H,16,19). The van der Waals surface area contributed by atoms with Crippen molar-refractivity contribution in [2.75, 3.05) is 0 Å². The zero-order chi connectivity index (χ0) is 13.4. The first-order chi connectivity index (χ1) is 9.16. The van der Waals surface area contributed by atoms with E-state index in [1.165, 1.54) is 0 Å². The first-order valence-electron chi connectivity index (χ1n) is 5.52. The number of halogens is 1. The number of H-pyrrole nitrogens is 1. The Kier molecular flexibility index (Phi) is 2.68. The number of aromatic nitrogens is 3. The van der Waals surface area contributed by atoms with Crippen LogP contribution in [-0.2, 0) is 0 Å². The monoisotopic (exact) mass is 273 g/mol. The molecule has 0 saturated carbocycles. The molecule has 94 valence electrons. The van der Waals surface area contributed by atoms with E-state index in [-0.39, 0.29) is 5.15 Å². The summed E-state index contributed by atoms with van der Waals surface area (Å²) in [5, 5.41) is 1.64. The number of rotatable bonds is 1. The minimum Gasteiger partial charge on any atom is -0.297 e. The number of benzene rings is 1. The van der Waals surface area contributed by atoms with Crippen molar-refractivity contribution in [1.29, 1.82) is 0 Å². The molecule has 0 atom stereocenters. The molecule has 0 bridgehead atoms. The molecule has 2 heterocycles. The lowest BCUT2D eigenvalue weighted by Gasteiger charge is -2.07. The van der Waals surface area contributed by atoms with Gasteiger partial charge in [0.15, 0.2) is 0 Å². The van der Waals surface area contributed by atoms with E-state index in [4.69, 9.17) is 11.6 Å². The summed E-state index contributed by atoms with van der Waals surface area (Å²) in [5.41, 5.74) is -0.576. The number of pyridine rings is 1. The van der Waals surface area contributed by atoms with Crippen molar-refractivity contribution < 1.29 is 0 Å². The minimum atomic E-state index is -0.575. The van der Waals surface area contributed by atoms with Crippen molar-refractivity contribution in [2.45, 2.75) is 0 Å². The van der Waals surface area contributed by atoms with Gasteiger partial charge in [-0.15, -0.1) is 0 Å². The number of fused-ring (bicyclic) bond motifs is 1. The van der Waals surface area contributed by atoms with Crippen LogP contribution in [0.4, 0.5) is 0 Å². The van der Waals surface area contributed by atoms with Crippen molar-refractivity contribution in [1.82, 2.24) is 14.5 Å². The summed E-state index contributed by atoms with van der Waals surface area (Å²) >= 11 is 5.65. The fourth-order valence-electron chi connectivity index (χ4n) is 1.99. The highest BCUT2D eigenvalue weighted by Crippen LogP contribution is 2.18. The number of aromatic amines is 1. The summed E-state index contributed by atoms with van der Waals surface area (Å²) in [6.45, 7) is 0. The van der Waals surface area contributed by atoms with Gasteiger partial charge in [0.25, 0.3) is 5.56 Å². The van der Waals surface area contributed by atoms with Crippen LogP contribution in [0.15, 0.2) is 52.3 Å². The zero-order valence-corrected chi connectivity index (χ0v) is 10.4. The Bertz CT molecular complexity index is 846. The minimum absolute atomic E-state index is 0.0182. The Labute approximate surface area is 112 Å². The van der Waals surface area contributed by atoms with E-state index in [1.54, 1.807) is 24.5 Å². The van der Waals surface area contributed by atoms with Gasteiger partial charge in [-0.2, -0.15) is 0 Å². The molecule has 0 unspecified atom stereocenters. The highest BCUT2D eigenvalue weighted by Gasteiger charge is 2.09. The van der Waals surface area contributed by atoms with Crippen molar-refractivity contribution >= 4 is 22.4 Å². The molecule has 0 fully saturated rings. The van der Waals surface area contributed by atoms with Crippen LogP contribution >= 0.6 is 11.6 Å². The molecule has 6 heteroatoms. The lowest BCUT2D eigenvalue weighted by Crippen LogP contribution is -2.33.